The van der Waals surface area contributed by atoms with Crippen LogP contribution < -0.4 is 0 Å². The third kappa shape index (κ3) is 2.44. The van der Waals surface area contributed by atoms with Crippen molar-refractivity contribution in [2.45, 2.75) is 26.2 Å². The summed E-state index contributed by atoms with van der Waals surface area (Å²) in [7, 11) is 0. The Labute approximate surface area is 117 Å². The summed E-state index contributed by atoms with van der Waals surface area (Å²) in [6.07, 6.45) is 1.23. The van der Waals surface area contributed by atoms with Crippen molar-refractivity contribution in [2.24, 2.45) is 5.41 Å². The van der Waals surface area contributed by atoms with E-state index < -0.39 is 11.4 Å². The lowest BCUT2D eigenvalue weighted by molar-refractivity contribution is -0.168. The van der Waals surface area contributed by atoms with Crippen LogP contribution in [0, 0.1) is 5.41 Å². The number of rotatable bonds is 3. The molecule has 0 aromatic rings. The Hall–Kier alpha value is -1.79. The molecule has 1 heterocycles. The molecule has 2 rings (SSSR count). The fraction of sp³-hybridized carbons (Fsp3) is 0.769. The summed E-state index contributed by atoms with van der Waals surface area (Å²) in [6, 6.07) is 0. The van der Waals surface area contributed by atoms with Gasteiger partial charge in [-0.15, -0.1) is 0 Å². The number of piperazine rings is 1. The molecule has 7 heteroatoms. The molecule has 0 spiro atoms. The molecule has 1 N–H and O–H groups in total. The maximum absolute atomic E-state index is 12.4. The van der Waals surface area contributed by atoms with E-state index in [1.807, 2.05) is 0 Å². The van der Waals surface area contributed by atoms with Gasteiger partial charge in [-0.05, 0) is 19.8 Å². The molecule has 1 saturated heterocycles. The van der Waals surface area contributed by atoms with Crippen LogP contribution in [0.15, 0.2) is 0 Å². The van der Waals surface area contributed by atoms with E-state index in [1.165, 1.54) is 0 Å². The largest absolute Gasteiger partial charge is 0.480 e. The molecule has 0 unspecified atom stereocenters. The summed E-state index contributed by atoms with van der Waals surface area (Å²) in [6.45, 7) is 3.57. The van der Waals surface area contributed by atoms with Crippen molar-refractivity contribution in [1.29, 1.82) is 0 Å². The van der Waals surface area contributed by atoms with Crippen molar-refractivity contribution >= 4 is 18.0 Å². The number of ether oxygens (including phenoxy) is 1. The molecule has 2 amide bonds. The summed E-state index contributed by atoms with van der Waals surface area (Å²) in [5.41, 5.74) is -1.22. The molecule has 0 radical (unpaired) electrons. The number of carbonyl (C=O) groups excluding carboxylic acids is 2. The second-order valence-corrected chi connectivity index (χ2v) is 5.22. The molecular formula is C13H20N2O5. The molecule has 1 aliphatic carbocycles. The van der Waals surface area contributed by atoms with Gasteiger partial charge in [-0.2, -0.15) is 0 Å². The normalized spacial score (nSPS) is 21.1. The van der Waals surface area contributed by atoms with Gasteiger partial charge >= 0.3 is 12.1 Å². The number of hydrogen-bond donors (Lipinski definition) is 1. The van der Waals surface area contributed by atoms with Crippen molar-refractivity contribution < 1.29 is 24.2 Å². The Morgan fingerprint density at radius 1 is 1.10 bits per heavy atom. The van der Waals surface area contributed by atoms with E-state index in [-0.39, 0.29) is 12.0 Å². The van der Waals surface area contributed by atoms with Crippen molar-refractivity contribution in [3.63, 3.8) is 0 Å². The topological polar surface area (TPSA) is 87.2 Å². The average Bonchev–Trinajstić information content (AvgIpc) is 2.37. The van der Waals surface area contributed by atoms with Gasteiger partial charge in [0.1, 0.15) is 5.41 Å². The van der Waals surface area contributed by atoms with Crippen molar-refractivity contribution in [3.05, 3.63) is 0 Å². The molecule has 20 heavy (non-hydrogen) atoms. The summed E-state index contributed by atoms with van der Waals surface area (Å²) >= 11 is 0. The molecule has 7 nitrogen and oxygen atoms in total. The molecule has 0 aromatic carbocycles. The Balaban J connectivity index is 1.92. The molecule has 0 bridgehead atoms. The zero-order valence-corrected chi connectivity index (χ0v) is 11.6. The highest BCUT2D eigenvalue weighted by atomic mass is 16.6. The van der Waals surface area contributed by atoms with E-state index in [4.69, 9.17) is 4.74 Å². The quantitative estimate of drug-likeness (QED) is 0.764. The maximum atomic E-state index is 12.4. The first kappa shape index (κ1) is 14.6. The smallest absolute Gasteiger partial charge is 0.409 e. The van der Waals surface area contributed by atoms with Crippen LogP contribution in [0.5, 0.6) is 0 Å². The van der Waals surface area contributed by atoms with Gasteiger partial charge in [0, 0.05) is 26.2 Å². The van der Waals surface area contributed by atoms with Crippen molar-refractivity contribution in [1.82, 2.24) is 9.80 Å². The highest BCUT2D eigenvalue weighted by Gasteiger charge is 2.53. The van der Waals surface area contributed by atoms with E-state index in [9.17, 15) is 19.5 Å². The fourth-order valence-electron chi connectivity index (χ4n) is 2.66. The third-order valence-corrected chi connectivity index (χ3v) is 4.12. The number of nitrogens with zero attached hydrogens (tertiary/aromatic N) is 2. The number of amides is 2. The Morgan fingerprint density at radius 2 is 1.65 bits per heavy atom. The SMILES string of the molecule is CCOC(=O)N1CCN(C(=O)C2(C(=O)O)CCC2)CC1. The van der Waals surface area contributed by atoms with E-state index in [0.29, 0.717) is 45.6 Å². The molecule has 0 atom stereocenters. The number of carbonyl (C=O) groups is 3. The highest BCUT2D eigenvalue weighted by Crippen LogP contribution is 2.42. The summed E-state index contributed by atoms with van der Waals surface area (Å²) in [5, 5.41) is 9.26. The molecule has 112 valence electrons. The number of carboxylic acids is 1. The minimum Gasteiger partial charge on any atom is -0.480 e. The molecular weight excluding hydrogens is 264 g/mol. The molecule has 2 aliphatic rings. The zero-order valence-electron chi connectivity index (χ0n) is 11.6. The number of carboxylic acid groups (broad SMARTS) is 1. The lowest BCUT2D eigenvalue weighted by Gasteiger charge is -2.42. The Kier molecular flexibility index (Phi) is 4.15. The average molecular weight is 284 g/mol. The van der Waals surface area contributed by atoms with Crippen LogP contribution in [-0.4, -0.2) is 65.7 Å². The molecule has 1 saturated carbocycles. The van der Waals surface area contributed by atoms with Crippen LogP contribution in [0.2, 0.25) is 0 Å². The van der Waals surface area contributed by atoms with Crippen molar-refractivity contribution in [2.75, 3.05) is 32.8 Å². The summed E-state index contributed by atoms with van der Waals surface area (Å²) in [4.78, 5) is 38.3. The maximum Gasteiger partial charge on any atom is 0.409 e. The minimum atomic E-state index is -1.22. The lowest BCUT2D eigenvalue weighted by Crippen LogP contribution is -2.58. The standard InChI is InChI=1S/C13H20N2O5/c1-2-20-12(19)15-8-6-14(7-9-15)10(16)13(11(17)18)4-3-5-13/h2-9H2,1H3,(H,17,18). The highest BCUT2D eigenvalue weighted by molar-refractivity contribution is 6.02. The van der Waals surface area contributed by atoms with Gasteiger partial charge in [0.15, 0.2) is 0 Å². The monoisotopic (exact) mass is 284 g/mol. The lowest BCUT2D eigenvalue weighted by atomic mass is 9.67. The second-order valence-electron chi connectivity index (χ2n) is 5.22. The van der Waals surface area contributed by atoms with E-state index >= 15 is 0 Å². The third-order valence-electron chi connectivity index (χ3n) is 4.12. The van der Waals surface area contributed by atoms with Crippen LogP contribution >= 0.6 is 0 Å². The first-order valence-corrected chi connectivity index (χ1v) is 6.96. The van der Waals surface area contributed by atoms with Crippen LogP contribution in [0.1, 0.15) is 26.2 Å². The van der Waals surface area contributed by atoms with Crippen LogP contribution in [0.25, 0.3) is 0 Å². The first-order valence-electron chi connectivity index (χ1n) is 6.96. The van der Waals surface area contributed by atoms with Crippen molar-refractivity contribution in [3.8, 4) is 0 Å². The van der Waals surface area contributed by atoms with Gasteiger partial charge in [-0.1, -0.05) is 6.42 Å². The van der Waals surface area contributed by atoms with Gasteiger partial charge < -0.3 is 19.6 Å². The number of aliphatic carboxylic acids is 1. The van der Waals surface area contributed by atoms with E-state index in [0.717, 1.165) is 6.42 Å². The predicted molar refractivity (Wildman–Crippen MR) is 69.1 cm³/mol. The Morgan fingerprint density at radius 3 is 2.05 bits per heavy atom. The summed E-state index contributed by atoms with van der Waals surface area (Å²) < 4.78 is 4.90. The fourth-order valence-corrected chi connectivity index (χ4v) is 2.66. The number of hydrogen-bond acceptors (Lipinski definition) is 4. The van der Waals surface area contributed by atoms with Crippen LogP contribution in [-0.2, 0) is 14.3 Å². The molecule has 1 aliphatic heterocycles. The molecule has 0 aromatic heterocycles. The second kappa shape index (κ2) is 5.68. The zero-order chi connectivity index (χ0) is 14.8. The predicted octanol–water partition coefficient (Wildman–Crippen LogP) is 0.542. The van der Waals surface area contributed by atoms with Gasteiger partial charge in [0.2, 0.25) is 5.91 Å². The van der Waals surface area contributed by atoms with E-state index in [1.54, 1.807) is 16.7 Å². The minimum absolute atomic E-state index is 0.306. The van der Waals surface area contributed by atoms with Gasteiger partial charge in [-0.3, -0.25) is 9.59 Å². The Bertz CT molecular complexity index is 411. The van der Waals surface area contributed by atoms with Crippen LogP contribution in [0.4, 0.5) is 4.79 Å². The van der Waals surface area contributed by atoms with Gasteiger partial charge in [0.25, 0.3) is 0 Å². The molecule has 2 fully saturated rings. The van der Waals surface area contributed by atoms with Gasteiger partial charge in [-0.25, -0.2) is 4.79 Å². The van der Waals surface area contributed by atoms with Gasteiger partial charge in [0.05, 0.1) is 6.61 Å². The summed E-state index contributed by atoms with van der Waals surface area (Å²) in [5.74, 6) is -1.33. The first-order chi connectivity index (χ1) is 9.51. The van der Waals surface area contributed by atoms with Crippen LogP contribution in [0.3, 0.4) is 0 Å². The van der Waals surface area contributed by atoms with E-state index in [2.05, 4.69) is 0 Å².